The van der Waals surface area contributed by atoms with Crippen molar-refractivity contribution >= 4 is 21.8 Å². The molecule has 0 spiro atoms. The zero-order valence-electron chi connectivity index (χ0n) is 17.0. The first-order valence-electron chi connectivity index (χ1n) is 10.5. The van der Waals surface area contributed by atoms with Gasteiger partial charge in [0.05, 0.1) is 17.4 Å². The third-order valence-corrected chi connectivity index (χ3v) is 6.59. The van der Waals surface area contributed by atoms with Gasteiger partial charge in [0.25, 0.3) is 5.91 Å². The summed E-state index contributed by atoms with van der Waals surface area (Å²) in [5.74, 6) is 1.90. The van der Waals surface area contributed by atoms with Gasteiger partial charge in [-0.05, 0) is 50.8 Å². The number of carbonyl (C=O) groups excluding carboxylic acids is 1. The predicted octanol–water partition coefficient (Wildman–Crippen LogP) is 3.63. The molecule has 0 radical (unpaired) electrons. The van der Waals surface area contributed by atoms with Crippen molar-refractivity contribution in [3.05, 3.63) is 51.8 Å². The average molecular weight is 470 g/mol. The summed E-state index contributed by atoms with van der Waals surface area (Å²) in [5, 5.41) is 17.4. The highest BCUT2D eigenvalue weighted by atomic mass is 79.9. The summed E-state index contributed by atoms with van der Waals surface area (Å²) in [6, 6.07) is 7.76. The third-order valence-electron chi connectivity index (χ3n) is 6.10. The molecule has 1 aromatic carbocycles. The number of rotatable bonds is 3. The van der Waals surface area contributed by atoms with Gasteiger partial charge < -0.3 is 9.47 Å². The van der Waals surface area contributed by atoms with E-state index in [2.05, 4.69) is 41.0 Å². The molecule has 0 aliphatic carbocycles. The zero-order chi connectivity index (χ0) is 20.7. The molecule has 3 aromatic rings. The number of nitrogens with zero attached hydrogens (tertiary/aromatic N) is 7. The molecule has 0 N–H and O–H groups in total. The Morgan fingerprint density at radius 1 is 1.10 bits per heavy atom. The first kappa shape index (κ1) is 19.4. The van der Waals surface area contributed by atoms with Crippen molar-refractivity contribution in [2.45, 2.75) is 58.0 Å². The first-order valence-corrected chi connectivity index (χ1v) is 11.3. The third kappa shape index (κ3) is 3.34. The summed E-state index contributed by atoms with van der Waals surface area (Å²) in [7, 11) is 0. The summed E-state index contributed by atoms with van der Waals surface area (Å²) >= 11 is 3.49. The van der Waals surface area contributed by atoms with Crippen molar-refractivity contribution in [3.63, 3.8) is 0 Å². The van der Waals surface area contributed by atoms with Gasteiger partial charge in [-0.2, -0.15) is 0 Å². The van der Waals surface area contributed by atoms with Gasteiger partial charge in [0.2, 0.25) is 0 Å². The molecule has 2 aliphatic rings. The lowest BCUT2D eigenvalue weighted by atomic mass is 10.2. The average Bonchev–Trinajstić information content (AvgIpc) is 3.42. The Kier molecular flexibility index (Phi) is 5.14. The summed E-state index contributed by atoms with van der Waals surface area (Å²) in [5.41, 5.74) is 2.01. The van der Waals surface area contributed by atoms with Crippen molar-refractivity contribution in [2.75, 3.05) is 6.54 Å². The van der Waals surface area contributed by atoms with Crippen molar-refractivity contribution in [3.8, 4) is 5.69 Å². The molecule has 1 atom stereocenters. The molecule has 8 nitrogen and oxygen atoms in total. The van der Waals surface area contributed by atoms with Gasteiger partial charge in [-0.15, -0.1) is 15.3 Å². The number of aromatic nitrogens is 6. The number of carbonyl (C=O) groups is 1. The van der Waals surface area contributed by atoms with Crippen LogP contribution in [0.4, 0.5) is 0 Å². The van der Waals surface area contributed by atoms with E-state index >= 15 is 0 Å². The van der Waals surface area contributed by atoms with E-state index in [-0.39, 0.29) is 11.9 Å². The fourth-order valence-corrected chi connectivity index (χ4v) is 4.94. The van der Waals surface area contributed by atoms with Gasteiger partial charge in [0.15, 0.2) is 11.5 Å². The maximum absolute atomic E-state index is 13.5. The number of halogens is 1. The molecule has 4 heterocycles. The molecule has 5 rings (SSSR count). The van der Waals surface area contributed by atoms with Crippen LogP contribution in [0.25, 0.3) is 5.69 Å². The van der Waals surface area contributed by atoms with Gasteiger partial charge in [-0.1, -0.05) is 33.6 Å². The van der Waals surface area contributed by atoms with E-state index in [1.54, 1.807) is 4.68 Å². The molecule has 1 fully saturated rings. The van der Waals surface area contributed by atoms with Crippen LogP contribution in [0.15, 0.2) is 28.7 Å². The number of hydrogen-bond acceptors (Lipinski definition) is 5. The molecular weight excluding hydrogens is 446 g/mol. The van der Waals surface area contributed by atoms with Crippen molar-refractivity contribution < 1.29 is 4.79 Å². The summed E-state index contributed by atoms with van der Waals surface area (Å²) < 4.78 is 4.91. The number of aryl methyl sites for hydroxylation is 1. The van der Waals surface area contributed by atoms with Crippen molar-refractivity contribution in [1.82, 2.24) is 34.7 Å². The molecule has 1 amide bonds. The van der Waals surface area contributed by atoms with Crippen LogP contribution in [-0.2, 0) is 13.0 Å². The molecule has 1 saturated heterocycles. The summed E-state index contributed by atoms with van der Waals surface area (Å²) in [6.07, 6.45) is 6.34. The molecular formula is C21H24BrN7O. The Bertz CT molecular complexity index is 1090. The first-order chi connectivity index (χ1) is 14.6. The second-order valence-electron chi connectivity index (χ2n) is 8.01. The molecule has 2 aromatic heterocycles. The lowest BCUT2D eigenvalue weighted by Crippen LogP contribution is -2.33. The molecule has 156 valence electrons. The maximum atomic E-state index is 13.5. The summed E-state index contributed by atoms with van der Waals surface area (Å²) in [6.45, 7) is 3.53. The van der Waals surface area contributed by atoms with Gasteiger partial charge in [-0.25, -0.2) is 4.68 Å². The lowest BCUT2D eigenvalue weighted by Gasteiger charge is -2.24. The minimum Gasteiger partial charge on any atom is -0.327 e. The van der Waals surface area contributed by atoms with Gasteiger partial charge in [0, 0.05) is 24.0 Å². The second-order valence-corrected chi connectivity index (χ2v) is 8.92. The monoisotopic (exact) mass is 469 g/mol. The van der Waals surface area contributed by atoms with Crippen molar-refractivity contribution in [1.29, 1.82) is 0 Å². The Hall–Kier alpha value is -2.55. The fraction of sp³-hybridized carbons (Fsp3) is 0.476. The fourth-order valence-electron chi connectivity index (χ4n) is 4.55. The number of hydrogen-bond donors (Lipinski definition) is 0. The smallest absolute Gasteiger partial charge is 0.276 e. The van der Waals surface area contributed by atoms with Crippen LogP contribution in [0.2, 0.25) is 0 Å². The number of fused-ring (bicyclic) bond motifs is 1. The Morgan fingerprint density at radius 3 is 2.87 bits per heavy atom. The molecule has 0 saturated carbocycles. The van der Waals surface area contributed by atoms with Gasteiger partial charge in [-0.3, -0.25) is 4.79 Å². The molecule has 1 unspecified atom stereocenters. The number of benzene rings is 1. The van der Waals surface area contributed by atoms with Crippen LogP contribution in [-0.4, -0.2) is 47.1 Å². The van der Waals surface area contributed by atoms with E-state index in [1.807, 2.05) is 36.1 Å². The molecule has 0 bridgehead atoms. The quantitative estimate of drug-likeness (QED) is 0.584. The normalized spacial score (nSPS) is 19.0. The Labute approximate surface area is 183 Å². The minimum atomic E-state index is -0.0813. The topological polar surface area (TPSA) is 81.7 Å². The predicted molar refractivity (Wildman–Crippen MR) is 114 cm³/mol. The largest absolute Gasteiger partial charge is 0.327 e. The van der Waals surface area contributed by atoms with Gasteiger partial charge >= 0.3 is 0 Å². The van der Waals surface area contributed by atoms with E-state index in [4.69, 9.17) is 0 Å². The second kappa shape index (κ2) is 7.94. The number of likely N-dealkylation sites (tertiary alicyclic amines) is 1. The van der Waals surface area contributed by atoms with Crippen LogP contribution in [0.1, 0.15) is 66.0 Å². The minimum absolute atomic E-state index is 0.0488. The van der Waals surface area contributed by atoms with Crippen LogP contribution in [0.5, 0.6) is 0 Å². The van der Waals surface area contributed by atoms with E-state index in [0.29, 0.717) is 12.2 Å². The molecule has 2 aliphatic heterocycles. The maximum Gasteiger partial charge on any atom is 0.276 e. The standard InChI is InChI=1S/C21H24BrN7O/c1-14-19(24-26-29(14)16-8-5-7-15(22)13-16)21(30)27-12-6-9-17(27)20-25-23-18-10-3-2-4-11-28(18)20/h5,7-8,13,17H,2-4,6,9-12H2,1H3. The summed E-state index contributed by atoms with van der Waals surface area (Å²) in [4.78, 5) is 15.4. The number of amides is 1. The van der Waals surface area contributed by atoms with E-state index < -0.39 is 0 Å². The van der Waals surface area contributed by atoms with Gasteiger partial charge in [0.1, 0.15) is 5.82 Å². The van der Waals surface area contributed by atoms with E-state index in [1.165, 1.54) is 6.42 Å². The van der Waals surface area contributed by atoms with Crippen molar-refractivity contribution in [2.24, 2.45) is 0 Å². The van der Waals surface area contributed by atoms with Crippen LogP contribution < -0.4 is 0 Å². The highest BCUT2D eigenvalue weighted by molar-refractivity contribution is 9.10. The Balaban J connectivity index is 1.45. The zero-order valence-corrected chi connectivity index (χ0v) is 18.5. The van der Waals surface area contributed by atoms with Crippen LogP contribution in [0, 0.1) is 6.92 Å². The molecule has 30 heavy (non-hydrogen) atoms. The van der Waals surface area contributed by atoms with E-state index in [9.17, 15) is 4.79 Å². The van der Waals surface area contributed by atoms with Crippen LogP contribution in [0.3, 0.4) is 0 Å². The van der Waals surface area contributed by atoms with E-state index in [0.717, 1.165) is 66.2 Å². The highest BCUT2D eigenvalue weighted by Gasteiger charge is 2.36. The lowest BCUT2D eigenvalue weighted by molar-refractivity contribution is 0.0720. The SMILES string of the molecule is Cc1c(C(=O)N2CCCC2c2nnc3n2CCCCC3)nnn1-c1cccc(Br)c1. The Morgan fingerprint density at radius 2 is 2.00 bits per heavy atom. The highest BCUT2D eigenvalue weighted by Crippen LogP contribution is 2.33. The van der Waals surface area contributed by atoms with Crippen LogP contribution >= 0.6 is 15.9 Å². The molecule has 9 heteroatoms.